The SMILES string of the molecule is CCCNCc1ccc(CN(CCOC)C(C)COC)o1. The molecule has 0 bridgehead atoms. The molecule has 1 heterocycles. The van der Waals surface area contributed by atoms with E-state index in [1.54, 1.807) is 14.2 Å². The van der Waals surface area contributed by atoms with Gasteiger partial charge in [0.25, 0.3) is 0 Å². The minimum absolute atomic E-state index is 0.330. The highest BCUT2D eigenvalue weighted by molar-refractivity contribution is 5.07. The fraction of sp³-hybridized carbons (Fsp3) is 0.750. The zero-order chi connectivity index (χ0) is 15.5. The van der Waals surface area contributed by atoms with Crippen molar-refractivity contribution in [2.45, 2.75) is 39.4 Å². The lowest BCUT2D eigenvalue weighted by Gasteiger charge is -2.27. The number of rotatable bonds is 12. The van der Waals surface area contributed by atoms with Gasteiger partial charge in [0.1, 0.15) is 11.5 Å². The van der Waals surface area contributed by atoms with Gasteiger partial charge in [-0.2, -0.15) is 0 Å². The summed E-state index contributed by atoms with van der Waals surface area (Å²) in [6.07, 6.45) is 1.13. The Labute approximate surface area is 128 Å². The van der Waals surface area contributed by atoms with E-state index in [1.807, 2.05) is 6.07 Å². The van der Waals surface area contributed by atoms with Crippen LogP contribution in [0.25, 0.3) is 0 Å². The van der Waals surface area contributed by atoms with Crippen LogP contribution in [-0.4, -0.2) is 51.5 Å². The topological polar surface area (TPSA) is 46.9 Å². The number of hydrogen-bond donors (Lipinski definition) is 1. The molecule has 0 fully saturated rings. The lowest BCUT2D eigenvalue weighted by Crippen LogP contribution is -2.37. The standard InChI is InChI=1S/C16H30N2O3/c1-5-8-17-11-15-6-7-16(21-15)12-18(9-10-19-3)14(2)13-20-4/h6-7,14,17H,5,8-13H2,1-4H3. The maximum atomic E-state index is 5.88. The summed E-state index contributed by atoms with van der Waals surface area (Å²) in [7, 11) is 3.46. The molecule has 0 amide bonds. The molecule has 0 saturated heterocycles. The van der Waals surface area contributed by atoms with Crippen molar-refractivity contribution < 1.29 is 13.9 Å². The molecule has 1 aromatic rings. The van der Waals surface area contributed by atoms with Crippen molar-refractivity contribution in [2.24, 2.45) is 0 Å². The lowest BCUT2D eigenvalue weighted by molar-refractivity contribution is 0.0661. The number of furan rings is 1. The van der Waals surface area contributed by atoms with E-state index >= 15 is 0 Å². The summed E-state index contributed by atoms with van der Waals surface area (Å²) in [5.74, 6) is 1.98. The molecule has 1 atom stereocenters. The number of ether oxygens (including phenoxy) is 2. The molecule has 1 aromatic heterocycles. The average Bonchev–Trinajstić information content (AvgIpc) is 2.91. The quantitative estimate of drug-likeness (QED) is 0.600. The molecule has 5 heteroatoms. The molecular formula is C16H30N2O3. The summed E-state index contributed by atoms with van der Waals surface area (Å²) in [5.41, 5.74) is 0. The van der Waals surface area contributed by atoms with Crippen LogP contribution in [0, 0.1) is 0 Å². The number of nitrogens with one attached hydrogen (secondary N) is 1. The predicted molar refractivity (Wildman–Crippen MR) is 84.3 cm³/mol. The molecule has 0 aliphatic carbocycles. The summed E-state index contributed by atoms with van der Waals surface area (Å²) >= 11 is 0. The normalized spacial score (nSPS) is 13.0. The second kappa shape index (κ2) is 10.8. The van der Waals surface area contributed by atoms with Crippen LogP contribution in [0.2, 0.25) is 0 Å². The lowest BCUT2D eigenvalue weighted by atomic mass is 10.2. The molecule has 0 aliphatic heterocycles. The minimum atomic E-state index is 0.330. The first kappa shape index (κ1) is 18.2. The molecule has 0 aliphatic rings. The Balaban J connectivity index is 2.52. The zero-order valence-electron chi connectivity index (χ0n) is 13.9. The van der Waals surface area contributed by atoms with Gasteiger partial charge < -0.3 is 19.2 Å². The van der Waals surface area contributed by atoms with E-state index in [0.29, 0.717) is 19.3 Å². The van der Waals surface area contributed by atoms with Crippen molar-refractivity contribution in [2.75, 3.05) is 40.5 Å². The third kappa shape index (κ3) is 7.09. The van der Waals surface area contributed by atoms with E-state index < -0.39 is 0 Å². The Morgan fingerprint density at radius 1 is 1.24 bits per heavy atom. The number of nitrogens with zero attached hydrogens (tertiary/aromatic N) is 1. The van der Waals surface area contributed by atoms with Gasteiger partial charge in [-0.3, -0.25) is 4.90 Å². The van der Waals surface area contributed by atoms with Crippen molar-refractivity contribution in [3.63, 3.8) is 0 Å². The predicted octanol–water partition coefficient (Wildman–Crippen LogP) is 2.26. The van der Waals surface area contributed by atoms with Gasteiger partial charge in [0.05, 0.1) is 26.3 Å². The second-order valence-corrected chi connectivity index (χ2v) is 5.31. The highest BCUT2D eigenvalue weighted by atomic mass is 16.5. The molecule has 0 aromatic carbocycles. The van der Waals surface area contributed by atoms with E-state index in [9.17, 15) is 0 Å². The van der Waals surface area contributed by atoms with Crippen LogP contribution in [0.1, 0.15) is 31.8 Å². The van der Waals surface area contributed by atoms with Crippen LogP contribution >= 0.6 is 0 Å². The number of hydrogen-bond acceptors (Lipinski definition) is 5. The molecule has 0 saturated carbocycles. The Kier molecular flexibility index (Phi) is 9.34. The Morgan fingerprint density at radius 2 is 2.00 bits per heavy atom. The first-order valence-electron chi connectivity index (χ1n) is 7.71. The molecule has 0 spiro atoms. The van der Waals surface area contributed by atoms with Gasteiger partial charge in [-0.1, -0.05) is 6.92 Å². The third-order valence-corrected chi connectivity index (χ3v) is 3.42. The van der Waals surface area contributed by atoms with Gasteiger partial charge in [-0.05, 0) is 32.0 Å². The second-order valence-electron chi connectivity index (χ2n) is 5.31. The fourth-order valence-electron chi connectivity index (χ4n) is 2.20. The molecule has 122 valence electrons. The van der Waals surface area contributed by atoms with Gasteiger partial charge in [0.15, 0.2) is 0 Å². The van der Waals surface area contributed by atoms with Crippen LogP contribution in [-0.2, 0) is 22.6 Å². The first-order valence-corrected chi connectivity index (χ1v) is 7.71. The van der Waals surface area contributed by atoms with Gasteiger partial charge in [0, 0.05) is 26.8 Å². The molecule has 0 radical (unpaired) electrons. The minimum Gasteiger partial charge on any atom is -0.463 e. The van der Waals surface area contributed by atoms with E-state index in [4.69, 9.17) is 13.9 Å². The fourth-order valence-corrected chi connectivity index (χ4v) is 2.20. The summed E-state index contributed by atoms with van der Waals surface area (Å²) in [6.45, 7) is 9.18. The summed E-state index contributed by atoms with van der Waals surface area (Å²) in [6, 6.07) is 4.44. The van der Waals surface area contributed by atoms with Crippen molar-refractivity contribution in [1.82, 2.24) is 10.2 Å². The average molecular weight is 298 g/mol. The van der Waals surface area contributed by atoms with Crippen LogP contribution in [0.4, 0.5) is 0 Å². The van der Waals surface area contributed by atoms with Crippen molar-refractivity contribution in [3.05, 3.63) is 23.7 Å². The first-order chi connectivity index (χ1) is 10.2. The van der Waals surface area contributed by atoms with E-state index in [0.717, 1.165) is 44.1 Å². The van der Waals surface area contributed by atoms with Crippen molar-refractivity contribution in [3.8, 4) is 0 Å². The van der Waals surface area contributed by atoms with Crippen LogP contribution in [0.3, 0.4) is 0 Å². The van der Waals surface area contributed by atoms with E-state index in [2.05, 4.69) is 30.1 Å². The van der Waals surface area contributed by atoms with Crippen molar-refractivity contribution >= 4 is 0 Å². The van der Waals surface area contributed by atoms with Crippen LogP contribution in [0.5, 0.6) is 0 Å². The smallest absolute Gasteiger partial charge is 0.118 e. The number of methoxy groups -OCH3 is 2. The molecular weight excluding hydrogens is 268 g/mol. The maximum Gasteiger partial charge on any atom is 0.118 e. The molecule has 5 nitrogen and oxygen atoms in total. The summed E-state index contributed by atoms with van der Waals surface area (Å²) in [5, 5.41) is 3.35. The van der Waals surface area contributed by atoms with E-state index in [-0.39, 0.29) is 0 Å². The zero-order valence-corrected chi connectivity index (χ0v) is 13.9. The molecule has 21 heavy (non-hydrogen) atoms. The van der Waals surface area contributed by atoms with Gasteiger partial charge >= 0.3 is 0 Å². The van der Waals surface area contributed by atoms with Crippen LogP contribution in [0.15, 0.2) is 16.5 Å². The Morgan fingerprint density at radius 3 is 2.67 bits per heavy atom. The summed E-state index contributed by atoms with van der Waals surface area (Å²) < 4.78 is 16.3. The monoisotopic (exact) mass is 298 g/mol. The molecule has 1 N–H and O–H groups in total. The molecule has 1 unspecified atom stereocenters. The maximum absolute atomic E-state index is 5.88. The summed E-state index contributed by atoms with van der Waals surface area (Å²) in [4.78, 5) is 2.31. The van der Waals surface area contributed by atoms with Crippen molar-refractivity contribution in [1.29, 1.82) is 0 Å². The van der Waals surface area contributed by atoms with Gasteiger partial charge in [-0.25, -0.2) is 0 Å². The van der Waals surface area contributed by atoms with E-state index in [1.165, 1.54) is 0 Å². The highest BCUT2D eigenvalue weighted by Crippen LogP contribution is 2.13. The largest absolute Gasteiger partial charge is 0.463 e. The highest BCUT2D eigenvalue weighted by Gasteiger charge is 2.15. The Hall–Kier alpha value is -0.880. The van der Waals surface area contributed by atoms with Gasteiger partial charge in [-0.15, -0.1) is 0 Å². The van der Waals surface area contributed by atoms with Gasteiger partial charge in [0.2, 0.25) is 0 Å². The Bertz CT molecular complexity index is 368. The van der Waals surface area contributed by atoms with Crippen LogP contribution < -0.4 is 5.32 Å². The third-order valence-electron chi connectivity index (χ3n) is 3.42. The molecule has 1 rings (SSSR count).